The highest BCUT2D eigenvalue weighted by atomic mass is 35.5. The summed E-state index contributed by atoms with van der Waals surface area (Å²) in [6, 6.07) is 15.6. The smallest absolute Gasteiger partial charge is 0.323 e. The summed E-state index contributed by atoms with van der Waals surface area (Å²) in [4.78, 5) is 11.4. The lowest BCUT2D eigenvalue weighted by molar-refractivity contribution is -0.136. The van der Waals surface area contributed by atoms with E-state index in [0.717, 1.165) is 0 Å². The van der Waals surface area contributed by atoms with Crippen molar-refractivity contribution in [1.29, 1.82) is 0 Å². The lowest BCUT2D eigenvalue weighted by atomic mass is 10.1. The second-order valence-corrected chi connectivity index (χ2v) is 6.95. The van der Waals surface area contributed by atoms with Crippen LogP contribution in [0.15, 0.2) is 54.6 Å². The maximum Gasteiger partial charge on any atom is 0.323 e. The molecule has 23 heavy (non-hydrogen) atoms. The summed E-state index contributed by atoms with van der Waals surface area (Å²) in [5.41, 5.74) is 0.553. The number of benzene rings is 2. The van der Waals surface area contributed by atoms with Crippen LogP contribution in [0.5, 0.6) is 5.75 Å². The molecule has 6 heteroatoms. The average Bonchev–Trinajstić information content (AvgIpc) is 2.54. The van der Waals surface area contributed by atoms with Gasteiger partial charge in [0.25, 0.3) is 0 Å². The van der Waals surface area contributed by atoms with Gasteiger partial charge in [0.1, 0.15) is 5.75 Å². The van der Waals surface area contributed by atoms with Crippen molar-refractivity contribution in [2.75, 3.05) is 12.4 Å². The van der Waals surface area contributed by atoms with E-state index >= 15 is 0 Å². The zero-order valence-electron chi connectivity index (χ0n) is 12.4. The molecule has 4 nitrogen and oxygen atoms in total. The quantitative estimate of drug-likeness (QED) is 0.736. The van der Waals surface area contributed by atoms with Gasteiger partial charge >= 0.3 is 5.97 Å². The maximum atomic E-state index is 12.3. The third-order valence-electron chi connectivity index (χ3n) is 3.16. The highest BCUT2D eigenvalue weighted by Crippen LogP contribution is 2.21. The van der Waals surface area contributed by atoms with E-state index in [9.17, 15) is 14.1 Å². The zero-order valence-corrected chi connectivity index (χ0v) is 13.9. The molecule has 0 saturated carbocycles. The predicted octanol–water partition coefficient (Wildman–Crippen LogP) is 3.68. The maximum absolute atomic E-state index is 12.3. The Morgan fingerprint density at radius 1 is 1.13 bits per heavy atom. The third kappa shape index (κ3) is 5.37. The van der Waals surface area contributed by atoms with E-state index < -0.39 is 22.0 Å². The molecular weight excluding hydrogens is 336 g/mol. The van der Waals surface area contributed by atoms with E-state index in [-0.39, 0.29) is 5.75 Å². The fourth-order valence-corrected chi connectivity index (χ4v) is 3.52. The molecule has 0 saturated heterocycles. The molecule has 0 radical (unpaired) electrons. The van der Waals surface area contributed by atoms with Gasteiger partial charge in [0.05, 0.1) is 6.61 Å². The standard InChI is InChI=1S/C17H17ClO4S/c18-14-7-9-15(10-8-14)22-11-4-12-23(21)16(17(19)20)13-5-2-1-3-6-13/h1-3,5-10,16H,4,11-12H2,(H,19,20). The van der Waals surface area contributed by atoms with E-state index in [0.29, 0.717) is 29.4 Å². The van der Waals surface area contributed by atoms with Crippen molar-refractivity contribution < 1.29 is 18.8 Å². The highest BCUT2D eigenvalue weighted by molar-refractivity contribution is 7.86. The van der Waals surface area contributed by atoms with Crippen molar-refractivity contribution in [2.24, 2.45) is 0 Å². The van der Waals surface area contributed by atoms with Crippen LogP contribution in [0.2, 0.25) is 5.02 Å². The van der Waals surface area contributed by atoms with Gasteiger partial charge in [-0.1, -0.05) is 41.9 Å². The van der Waals surface area contributed by atoms with Gasteiger partial charge in [0, 0.05) is 21.6 Å². The van der Waals surface area contributed by atoms with Gasteiger partial charge in [-0.05, 0) is 36.2 Å². The van der Waals surface area contributed by atoms with Gasteiger partial charge in [-0.2, -0.15) is 0 Å². The number of carboxylic acids is 1. The van der Waals surface area contributed by atoms with Crippen molar-refractivity contribution >= 4 is 28.4 Å². The minimum Gasteiger partial charge on any atom is -0.494 e. The number of carbonyl (C=O) groups is 1. The van der Waals surface area contributed by atoms with Crippen LogP contribution in [0.3, 0.4) is 0 Å². The van der Waals surface area contributed by atoms with Crippen LogP contribution < -0.4 is 4.74 Å². The summed E-state index contributed by atoms with van der Waals surface area (Å²) in [5, 5.41) is 8.94. The number of carboxylic acid groups (broad SMARTS) is 1. The van der Waals surface area contributed by atoms with E-state index in [2.05, 4.69) is 0 Å². The lowest BCUT2D eigenvalue weighted by Gasteiger charge is -2.13. The van der Waals surface area contributed by atoms with Crippen LogP contribution in [0.1, 0.15) is 17.2 Å². The fraction of sp³-hybridized carbons (Fsp3) is 0.235. The number of aliphatic carboxylic acids is 1. The molecule has 0 aliphatic heterocycles. The van der Waals surface area contributed by atoms with Crippen LogP contribution in [-0.2, 0) is 15.6 Å². The van der Waals surface area contributed by atoms with Gasteiger partial charge in [-0.15, -0.1) is 0 Å². The first-order chi connectivity index (χ1) is 11.1. The monoisotopic (exact) mass is 352 g/mol. The van der Waals surface area contributed by atoms with Crippen molar-refractivity contribution in [3.05, 3.63) is 65.2 Å². The van der Waals surface area contributed by atoms with Crippen molar-refractivity contribution in [1.82, 2.24) is 0 Å². The molecule has 0 aromatic heterocycles. The number of halogens is 1. The normalized spacial score (nSPS) is 13.3. The molecule has 2 aromatic rings. The second-order valence-electron chi connectivity index (χ2n) is 4.87. The average molecular weight is 353 g/mol. The molecule has 0 aliphatic carbocycles. The largest absolute Gasteiger partial charge is 0.494 e. The Kier molecular flexibility index (Phi) is 6.62. The van der Waals surface area contributed by atoms with Crippen LogP contribution in [-0.4, -0.2) is 27.6 Å². The molecule has 2 aromatic carbocycles. The number of hydrogen-bond donors (Lipinski definition) is 1. The Hall–Kier alpha value is -1.85. The van der Waals surface area contributed by atoms with Crippen molar-refractivity contribution in [3.8, 4) is 5.75 Å². The molecule has 0 fully saturated rings. The molecule has 0 aliphatic rings. The Balaban J connectivity index is 1.85. The van der Waals surface area contributed by atoms with Gasteiger partial charge in [0.15, 0.2) is 5.25 Å². The Morgan fingerprint density at radius 3 is 2.39 bits per heavy atom. The third-order valence-corrected chi connectivity index (χ3v) is 5.10. The van der Waals surface area contributed by atoms with Crippen LogP contribution in [0.25, 0.3) is 0 Å². The van der Waals surface area contributed by atoms with Gasteiger partial charge in [-0.25, -0.2) is 0 Å². The molecule has 2 atom stereocenters. The van der Waals surface area contributed by atoms with Crippen molar-refractivity contribution in [3.63, 3.8) is 0 Å². The van der Waals surface area contributed by atoms with E-state index in [1.165, 1.54) is 0 Å². The molecular formula is C17H17ClO4S. The molecule has 0 bridgehead atoms. The first-order valence-corrected chi connectivity index (χ1v) is 8.87. The molecule has 0 heterocycles. The molecule has 2 rings (SSSR count). The zero-order chi connectivity index (χ0) is 16.7. The minimum absolute atomic E-state index is 0.263. The predicted molar refractivity (Wildman–Crippen MR) is 91.4 cm³/mol. The molecule has 0 spiro atoms. The SMILES string of the molecule is O=C(O)C(c1ccccc1)S(=O)CCCOc1ccc(Cl)cc1. The van der Waals surface area contributed by atoms with Gasteiger partial charge < -0.3 is 9.84 Å². The van der Waals surface area contributed by atoms with Gasteiger partial charge in [-0.3, -0.25) is 9.00 Å². The summed E-state index contributed by atoms with van der Waals surface area (Å²) in [6.07, 6.45) is 0.506. The summed E-state index contributed by atoms with van der Waals surface area (Å²) in [5.74, 6) is -0.134. The number of rotatable bonds is 8. The first-order valence-electron chi connectivity index (χ1n) is 7.11. The Bertz CT molecular complexity index is 658. The second kappa shape index (κ2) is 8.70. The summed E-state index contributed by atoms with van der Waals surface area (Å²) in [7, 11) is -1.50. The lowest BCUT2D eigenvalue weighted by Crippen LogP contribution is -2.20. The summed E-state index contributed by atoms with van der Waals surface area (Å²) < 4.78 is 17.8. The minimum atomic E-state index is -1.50. The van der Waals surface area contributed by atoms with E-state index in [1.54, 1.807) is 54.6 Å². The number of hydrogen-bond acceptors (Lipinski definition) is 3. The molecule has 1 N–H and O–H groups in total. The summed E-state index contributed by atoms with van der Waals surface area (Å²) >= 11 is 5.79. The van der Waals surface area contributed by atoms with E-state index in [4.69, 9.17) is 16.3 Å². The van der Waals surface area contributed by atoms with Crippen molar-refractivity contribution in [2.45, 2.75) is 11.7 Å². The number of ether oxygens (including phenoxy) is 1. The molecule has 122 valence electrons. The molecule has 2 unspecified atom stereocenters. The van der Waals surface area contributed by atoms with E-state index in [1.807, 2.05) is 0 Å². The fourth-order valence-electron chi connectivity index (χ4n) is 2.07. The van der Waals surface area contributed by atoms with Crippen LogP contribution in [0, 0.1) is 0 Å². The Labute approximate surface area is 142 Å². The first kappa shape index (κ1) is 17.5. The van der Waals surface area contributed by atoms with Gasteiger partial charge in [0.2, 0.25) is 0 Å². The van der Waals surface area contributed by atoms with Crippen LogP contribution >= 0.6 is 11.6 Å². The van der Waals surface area contributed by atoms with Crippen LogP contribution in [0.4, 0.5) is 0 Å². The Morgan fingerprint density at radius 2 is 1.78 bits per heavy atom. The topological polar surface area (TPSA) is 63.6 Å². The summed E-state index contributed by atoms with van der Waals surface area (Å²) in [6.45, 7) is 0.370. The highest BCUT2D eigenvalue weighted by Gasteiger charge is 2.26. The molecule has 0 amide bonds.